The molecule has 0 radical (unpaired) electrons. The molecule has 0 amide bonds. The van der Waals surface area contributed by atoms with Crippen molar-refractivity contribution in [1.82, 2.24) is 15.3 Å². The van der Waals surface area contributed by atoms with Crippen molar-refractivity contribution >= 4 is 45.9 Å². The van der Waals surface area contributed by atoms with E-state index in [-0.39, 0.29) is 0 Å². The molecule has 4 rings (SSSR count). The van der Waals surface area contributed by atoms with E-state index < -0.39 is 0 Å². The molecule has 0 unspecified atom stereocenters. The van der Waals surface area contributed by atoms with Gasteiger partial charge in [0, 0.05) is 42.1 Å². The van der Waals surface area contributed by atoms with E-state index in [4.69, 9.17) is 33.2 Å². The van der Waals surface area contributed by atoms with Crippen LogP contribution >= 0.6 is 23.2 Å². The van der Waals surface area contributed by atoms with Crippen LogP contribution in [-0.2, 0) is 6.54 Å². The Morgan fingerprint density at radius 3 is 2.55 bits per heavy atom. The van der Waals surface area contributed by atoms with Crippen LogP contribution in [0.25, 0.3) is 10.9 Å². The van der Waals surface area contributed by atoms with Gasteiger partial charge in [-0.15, -0.1) is 0 Å². The standard InChI is InChI=1S/C24H29Cl2N5/c1-31(2)23-20-5-3-4-6-22(20)29-24(30-23)28-19-10-7-16(8-11-19)14-27-15-17-13-18(25)9-12-21(17)26/h3-6,9,12-13,16,19,27H,7-8,10-11,14-15H2,1-2H3,(H,28,29,30)/t16-,19+. The van der Waals surface area contributed by atoms with E-state index in [1.165, 1.54) is 12.8 Å². The lowest BCUT2D eigenvalue weighted by Crippen LogP contribution is -2.31. The predicted octanol–water partition coefficient (Wildman–Crippen LogP) is 5.76. The smallest absolute Gasteiger partial charge is 0.225 e. The third-order valence-electron chi connectivity index (χ3n) is 5.94. The molecule has 1 aromatic heterocycles. The molecule has 1 aliphatic rings. The first-order valence-corrected chi connectivity index (χ1v) is 11.6. The molecule has 164 valence electrons. The van der Waals surface area contributed by atoms with Gasteiger partial charge in [0.2, 0.25) is 5.95 Å². The number of benzene rings is 2. The fourth-order valence-electron chi connectivity index (χ4n) is 4.25. The van der Waals surface area contributed by atoms with Crippen molar-refractivity contribution in [3.63, 3.8) is 0 Å². The topological polar surface area (TPSA) is 53.1 Å². The summed E-state index contributed by atoms with van der Waals surface area (Å²) in [6.45, 7) is 1.74. The van der Waals surface area contributed by atoms with Crippen LogP contribution in [0, 0.1) is 5.92 Å². The molecule has 2 N–H and O–H groups in total. The number of para-hydroxylation sites is 1. The summed E-state index contributed by atoms with van der Waals surface area (Å²) in [6, 6.07) is 14.2. The maximum absolute atomic E-state index is 6.26. The summed E-state index contributed by atoms with van der Waals surface area (Å²) in [5, 5.41) is 9.69. The number of halogens is 2. The molecular weight excluding hydrogens is 429 g/mol. The maximum Gasteiger partial charge on any atom is 0.225 e. The molecule has 1 saturated carbocycles. The Hall–Kier alpha value is -2.08. The third-order valence-corrected chi connectivity index (χ3v) is 6.55. The van der Waals surface area contributed by atoms with Gasteiger partial charge in [0.25, 0.3) is 0 Å². The molecule has 2 aromatic carbocycles. The summed E-state index contributed by atoms with van der Waals surface area (Å²) in [4.78, 5) is 11.6. The van der Waals surface area contributed by atoms with Gasteiger partial charge in [-0.25, -0.2) is 4.98 Å². The summed E-state index contributed by atoms with van der Waals surface area (Å²) in [5.74, 6) is 2.34. The molecule has 7 heteroatoms. The van der Waals surface area contributed by atoms with Crippen molar-refractivity contribution < 1.29 is 0 Å². The summed E-state index contributed by atoms with van der Waals surface area (Å²) >= 11 is 12.3. The SMILES string of the molecule is CN(C)c1nc(N[C@H]2CC[C@@H](CNCc3cc(Cl)ccc3Cl)CC2)nc2ccccc12. The average molecular weight is 458 g/mol. The summed E-state index contributed by atoms with van der Waals surface area (Å²) in [6.07, 6.45) is 4.61. The zero-order chi connectivity index (χ0) is 21.8. The van der Waals surface area contributed by atoms with Crippen molar-refractivity contribution in [2.75, 3.05) is 30.9 Å². The summed E-state index contributed by atoms with van der Waals surface area (Å²) in [7, 11) is 4.04. The van der Waals surface area contributed by atoms with E-state index in [0.717, 1.165) is 64.2 Å². The minimum absolute atomic E-state index is 0.412. The van der Waals surface area contributed by atoms with Crippen LogP contribution in [0.1, 0.15) is 31.2 Å². The zero-order valence-corrected chi connectivity index (χ0v) is 19.5. The lowest BCUT2D eigenvalue weighted by atomic mass is 9.86. The monoisotopic (exact) mass is 457 g/mol. The van der Waals surface area contributed by atoms with Gasteiger partial charge in [0.1, 0.15) is 5.82 Å². The molecule has 31 heavy (non-hydrogen) atoms. The van der Waals surface area contributed by atoms with Crippen molar-refractivity contribution in [1.29, 1.82) is 0 Å². The van der Waals surface area contributed by atoms with Gasteiger partial charge in [0.05, 0.1) is 5.52 Å². The lowest BCUT2D eigenvalue weighted by Gasteiger charge is -2.29. The van der Waals surface area contributed by atoms with Crippen LogP contribution in [0.5, 0.6) is 0 Å². The van der Waals surface area contributed by atoms with E-state index in [0.29, 0.717) is 12.0 Å². The number of nitrogens with one attached hydrogen (secondary N) is 2. The highest BCUT2D eigenvalue weighted by Gasteiger charge is 2.22. The highest BCUT2D eigenvalue weighted by molar-refractivity contribution is 6.33. The Bertz CT molecular complexity index is 1030. The number of nitrogens with zero attached hydrogens (tertiary/aromatic N) is 3. The molecule has 1 aliphatic carbocycles. The molecular formula is C24H29Cl2N5. The Kier molecular flexibility index (Phi) is 7.16. The Labute approximate surface area is 194 Å². The van der Waals surface area contributed by atoms with Gasteiger partial charge < -0.3 is 15.5 Å². The van der Waals surface area contributed by atoms with Crippen LogP contribution in [-0.4, -0.2) is 36.6 Å². The molecule has 3 aromatic rings. The van der Waals surface area contributed by atoms with Crippen LogP contribution in [0.15, 0.2) is 42.5 Å². The largest absolute Gasteiger partial charge is 0.362 e. The minimum atomic E-state index is 0.412. The second-order valence-corrected chi connectivity index (χ2v) is 9.35. The molecule has 0 bridgehead atoms. The first-order chi connectivity index (χ1) is 15.0. The number of hydrogen-bond acceptors (Lipinski definition) is 5. The normalized spacial score (nSPS) is 18.8. The van der Waals surface area contributed by atoms with Crippen molar-refractivity contribution in [3.05, 3.63) is 58.1 Å². The van der Waals surface area contributed by atoms with Gasteiger partial charge in [-0.2, -0.15) is 4.98 Å². The highest BCUT2D eigenvalue weighted by Crippen LogP contribution is 2.28. The molecule has 5 nitrogen and oxygen atoms in total. The Morgan fingerprint density at radius 1 is 1.00 bits per heavy atom. The zero-order valence-electron chi connectivity index (χ0n) is 18.0. The first-order valence-electron chi connectivity index (χ1n) is 10.8. The Balaban J connectivity index is 1.30. The molecule has 1 heterocycles. The number of rotatable bonds is 7. The average Bonchev–Trinajstić information content (AvgIpc) is 2.76. The molecule has 0 atom stereocenters. The fraction of sp³-hybridized carbons (Fsp3) is 0.417. The quantitative estimate of drug-likeness (QED) is 0.471. The van der Waals surface area contributed by atoms with Crippen LogP contribution < -0.4 is 15.5 Å². The van der Waals surface area contributed by atoms with E-state index in [2.05, 4.69) is 16.7 Å². The van der Waals surface area contributed by atoms with Gasteiger partial charge in [-0.05, 0) is 74.0 Å². The number of aromatic nitrogens is 2. The number of fused-ring (bicyclic) bond motifs is 1. The minimum Gasteiger partial charge on any atom is -0.362 e. The van der Waals surface area contributed by atoms with Crippen LogP contribution in [0.4, 0.5) is 11.8 Å². The van der Waals surface area contributed by atoms with Crippen molar-refractivity contribution in [3.8, 4) is 0 Å². The summed E-state index contributed by atoms with van der Waals surface area (Å²) in [5.41, 5.74) is 2.02. The third kappa shape index (κ3) is 5.59. The van der Waals surface area contributed by atoms with E-state index in [1.54, 1.807) is 0 Å². The highest BCUT2D eigenvalue weighted by atomic mass is 35.5. The van der Waals surface area contributed by atoms with E-state index in [9.17, 15) is 0 Å². The van der Waals surface area contributed by atoms with Gasteiger partial charge >= 0.3 is 0 Å². The molecule has 1 fully saturated rings. The van der Waals surface area contributed by atoms with Crippen LogP contribution in [0.2, 0.25) is 10.0 Å². The predicted molar refractivity (Wildman–Crippen MR) is 131 cm³/mol. The van der Waals surface area contributed by atoms with Gasteiger partial charge in [-0.1, -0.05) is 35.3 Å². The van der Waals surface area contributed by atoms with Crippen molar-refractivity contribution in [2.45, 2.75) is 38.3 Å². The number of anilines is 2. The first kappa shape index (κ1) is 22.1. The summed E-state index contributed by atoms with van der Waals surface area (Å²) < 4.78 is 0. The molecule has 0 aliphatic heterocycles. The number of hydrogen-bond donors (Lipinski definition) is 2. The molecule has 0 spiro atoms. The second kappa shape index (κ2) is 10.0. The maximum atomic E-state index is 6.26. The Morgan fingerprint density at radius 2 is 1.77 bits per heavy atom. The van der Waals surface area contributed by atoms with E-state index >= 15 is 0 Å². The van der Waals surface area contributed by atoms with Crippen LogP contribution in [0.3, 0.4) is 0 Å². The van der Waals surface area contributed by atoms with Gasteiger partial charge in [-0.3, -0.25) is 0 Å². The lowest BCUT2D eigenvalue weighted by molar-refractivity contribution is 0.324. The van der Waals surface area contributed by atoms with E-state index in [1.807, 2.05) is 55.4 Å². The second-order valence-electron chi connectivity index (χ2n) is 8.51. The molecule has 0 saturated heterocycles. The fourth-order valence-corrected chi connectivity index (χ4v) is 4.63. The van der Waals surface area contributed by atoms with Gasteiger partial charge in [0.15, 0.2) is 0 Å². The van der Waals surface area contributed by atoms with Crippen molar-refractivity contribution in [2.24, 2.45) is 5.92 Å².